The number of imidazole rings is 1. The molecule has 0 aliphatic heterocycles. The zero-order valence-electron chi connectivity index (χ0n) is 64.8. The van der Waals surface area contributed by atoms with Gasteiger partial charge in [-0.1, -0.05) is 45.9 Å². The quantitative estimate of drug-likeness (QED) is 0.0185. The van der Waals surface area contributed by atoms with Crippen molar-refractivity contribution in [1.82, 2.24) is 94.3 Å². The summed E-state index contributed by atoms with van der Waals surface area (Å²) in [5, 5.41) is 46.3. The third-order valence-electron chi connectivity index (χ3n) is 16.5. The molecule has 112 heavy (non-hydrogen) atoms. The van der Waals surface area contributed by atoms with Crippen molar-refractivity contribution < 1.29 is 91.3 Å². The first kappa shape index (κ1) is 96.2. The number of carbonyl (C=O) groups excluding carboxylic acids is 16. The van der Waals surface area contributed by atoms with Gasteiger partial charge in [0, 0.05) is 67.5 Å². The summed E-state index contributed by atoms with van der Waals surface area (Å²) in [6.45, 7) is 6.56. The number of para-hydroxylation sites is 1. The fourth-order valence-electron chi connectivity index (χ4n) is 10.7. The predicted molar refractivity (Wildman–Crippen MR) is 415 cm³/mol. The van der Waals surface area contributed by atoms with Crippen LogP contribution in [0.15, 0.2) is 43.0 Å². The number of H-pyrrole nitrogens is 2. The van der Waals surface area contributed by atoms with E-state index in [1.54, 1.807) is 58.4 Å². The van der Waals surface area contributed by atoms with Gasteiger partial charge in [-0.05, 0) is 102 Å². The lowest BCUT2D eigenvalue weighted by molar-refractivity contribution is -0.135. The molecule has 2 heterocycles. The van der Waals surface area contributed by atoms with Crippen LogP contribution in [-0.2, 0) is 99.0 Å². The number of thioether (sulfide) groups is 2. The molecule has 0 radical (unpaired) electrons. The number of aromatic nitrogens is 3. The number of hydrogen-bond donors (Lipinski definition) is 20. The number of aromatic amines is 2. The number of aliphatic hydroxyl groups excluding tert-OH is 1. The average Bonchev–Trinajstić information content (AvgIpc) is 1.66. The molecule has 23 N–H and O–H groups in total. The van der Waals surface area contributed by atoms with Gasteiger partial charge in [0.15, 0.2) is 0 Å². The molecule has 10 atom stereocenters. The number of unbranched alkanes of at least 4 members (excludes halogenated alkanes) is 1. The Morgan fingerprint density at radius 3 is 1.79 bits per heavy atom. The van der Waals surface area contributed by atoms with E-state index in [1.165, 1.54) is 43.0 Å². The van der Waals surface area contributed by atoms with Crippen LogP contribution < -0.4 is 91.6 Å². The molecule has 0 unspecified atom stereocenters. The molecule has 0 aliphatic carbocycles. The van der Waals surface area contributed by atoms with Gasteiger partial charge in [-0.25, -0.2) is 4.98 Å². The standard InChI is InChI=1S/C70H113N21O19S2/c1-39(2)26-50(67(105)86-47(61(73)99)19-25-111-9)87-68(106)52(28-44-30-74-37-79-44)84-57(96)32-78-70(108)60(40(3)4)90-62(100)41(5)81-66(104)51(27-43-29-76-46-15-11-10-14-45(43)46)88-65(103)49(17-18-55(72)94)83-59(98)35-110-24-23-109-22-21-75-63(101)48(16-12-13-20-71)82-56(95)31-77-64(102)54(36-112-38-80-42(6)93)89-69(107)53(34-92)85-58(97)33-91(7)8/h10-11,14-15,29-30,37,39-41,47-54,60,76,92H,12-13,16-28,31-36,38,71H2,1-9H3,(H2,72,94)(H2,73,99)(H,74,79)(H,75,101)(H,77,102)(H,78,108)(H,80,93)(H,81,104)(H,82,95)(H,83,98)(H,84,96)(H,85,97)(H,86,105)(H,87,106)(H,88,103)(H,89,107)(H,90,100)/t41-,47-,48-,49-,50-,51-,52-,53-,54-,60-/m0/s1. The van der Waals surface area contributed by atoms with Crippen LogP contribution in [0.4, 0.5) is 0 Å². The molecule has 16 amide bonds. The maximum Gasteiger partial charge on any atom is 0.246 e. The van der Waals surface area contributed by atoms with Gasteiger partial charge in [0.05, 0.1) is 58.3 Å². The lowest BCUT2D eigenvalue weighted by atomic mass is 10.0. The number of ether oxygens (including phenoxy) is 2. The number of fused-ring (bicyclic) bond motifs is 1. The van der Waals surface area contributed by atoms with E-state index < -0.39 is 181 Å². The van der Waals surface area contributed by atoms with E-state index >= 15 is 0 Å². The first-order chi connectivity index (χ1) is 53.2. The highest BCUT2D eigenvalue weighted by Gasteiger charge is 2.35. The summed E-state index contributed by atoms with van der Waals surface area (Å²) in [5.74, 6) is -12.4. The minimum absolute atomic E-state index is 0.0543. The Morgan fingerprint density at radius 1 is 0.580 bits per heavy atom. The minimum Gasteiger partial charge on any atom is -0.394 e. The number of nitrogens with one attached hydrogen (secondary N) is 16. The van der Waals surface area contributed by atoms with Crippen LogP contribution in [0.25, 0.3) is 10.9 Å². The van der Waals surface area contributed by atoms with Gasteiger partial charge in [-0.2, -0.15) is 11.8 Å². The van der Waals surface area contributed by atoms with Gasteiger partial charge in [0.2, 0.25) is 94.5 Å². The summed E-state index contributed by atoms with van der Waals surface area (Å²) in [4.78, 5) is 223. The number of aliphatic hydroxyl groups is 1. The van der Waals surface area contributed by atoms with Gasteiger partial charge in [-0.3, -0.25) is 76.7 Å². The number of likely N-dealkylation sites (N-methyl/N-ethyl adjacent to an activating group) is 1. The Labute approximate surface area is 658 Å². The molecule has 0 aliphatic rings. The number of primary amides is 2. The van der Waals surface area contributed by atoms with Crippen LogP contribution in [0.1, 0.15) is 97.7 Å². The molecule has 42 heteroatoms. The number of carbonyl (C=O) groups is 16. The zero-order chi connectivity index (χ0) is 83.4. The topological polar surface area (TPSA) is 606 Å². The Bertz CT molecular complexity index is 3590. The number of hydrogen-bond acceptors (Lipinski definition) is 24. The van der Waals surface area contributed by atoms with E-state index in [2.05, 4.69) is 89.4 Å². The van der Waals surface area contributed by atoms with Crippen LogP contribution in [0.5, 0.6) is 0 Å². The molecule has 0 spiro atoms. The van der Waals surface area contributed by atoms with Crippen LogP contribution in [-0.4, -0.2) is 283 Å². The SMILES string of the molecule is CSCC[C@H](NC(=O)[C@H](CC(C)C)NC(=O)[C@H](Cc1cnc[nH]1)NC(=O)CNC(=O)[C@@H](NC(=O)[C@H](C)NC(=O)[C@H](Cc1c[nH]c2ccccc12)NC(=O)[C@H](CCC(N)=O)NC(=O)COCCOCCNC(=O)[C@H](CCCCN)NC(=O)CNC(=O)[C@H](CSCNC(C)=O)NC(=O)[C@H](CO)NC(=O)CN(C)C)C(C)C)C(N)=O. The largest absolute Gasteiger partial charge is 0.394 e. The highest BCUT2D eigenvalue weighted by atomic mass is 32.2. The van der Waals surface area contributed by atoms with Crippen molar-refractivity contribution in [2.45, 2.75) is 160 Å². The number of rotatable bonds is 56. The van der Waals surface area contributed by atoms with Crippen LogP contribution >= 0.6 is 23.5 Å². The summed E-state index contributed by atoms with van der Waals surface area (Å²) in [7, 11) is 3.25. The molecule has 624 valence electrons. The van der Waals surface area contributed by atoms with Gasteiger partial charge < -0.3 is 121 Å². The van der Waals surface area contributed by atoms with Crippen molar-refractivity contribution in [3.05, 3.63) is 54.2 Å². The van der Waals surface area contributed by atoms with E-state index in [0.717, 1.165) is 11.8 Å². The summed E-state index contributed by atoms with van der Waals surface area (Å²) in [5.41, 5.74) is 18.4. The Morgan fingerprint density at radius 2 is 1.16 bits per heavy atom. The van der Waals surface area contributed by atoms with Crippen molar-refractivity contribution in [2.75, 3.05) is 103 Å². The number of nitrogens with zero attached hydrogens (tertiary/aromatic N) is 2. The van der Waals surface area contributed by atoms with Gasteiger partial charge in [0.25, 0.3) is 0 Å². The monoisotopic (exact) mass is 1620 g/mol. The predicted octanol–water partition coefficient (Wildman–Crippen LogP) is -6.36. The van der Waals surface area contributed by atoms with E-state index in [4.69, 9.17) is 26.7 Å². The first-order valence-electron chi connectivity index (χ1n) is 36.5. The highest BCUT2D eigenvalue weighted by Crippen LogP contribution is 2.20. The van der Waals surface area contributed by atoms with Gasteiger partial charge in [0.1, 0.15) is 67.0 Å². The van der Waals surface area contributed by atoms with E-state index in [0.29, 0.717) is 47.3 Å². The van der Waals surface area contributed by atoms with E-state index in [1.807, 2.05) is 20.1 Å². The van der Waals surface area contributed by atoms with Crippen LogP contribution in [0.2, 0.25) is 0 Å². The zero-order valence-corrected chi connectivity index (χ0v) is 66.4. The molecule has 1 aromatic carbocycles. The smallest absolute Gasteiger partial charge is 0.246 e. The van der Waals surface area contributed by atoms with Gasteiger partial charge in [-0.15, -0.1) is 11.8 Å². The third-order valence-corrected chi connectivity index (χ3v) is 18.1. The second-order valence-corrected chi connectivity index (χ2v) is 29.2. The van der Waals surface area contributed by atoms with Crippen molar-refractivity contribution in [3.63, 3.8) is 0 Å². The van der Waals surface area contributed by atoms with Crippen molar-refractivity contribution in [3.8, 4) is 0 Å². The normalized spacial score (nSPS) is 13.9. The van der Waals surface area contributed by atoms with Crippen molar-refractivity contribution in [2.24, 2.45) is 29.0 Å². The van der Waals surface area contributed by atoms with Crippen molar-refractivity contribution >= 4 is 129 Å². The summed E-state index contributed by atoms with van der Waals surface area (Å²) in [6, 6.07) is -5.78. The molecule has 2 aromatic heterocycles. The van der Waals surface area contributed by atoms with E-state index in [-0.39, 0.29) is 101 Å². The molecule has 0 saturated heterocycles. The number of amides is 16. The minimum atomic E-state index is -1.47. The van der Waals surface area contributed by atoms with E-state index in [9.17, 15) is 81.8 Å². The second-order valence-electron chi connectivity index (χ2n) is 27.2. The second kappa shape index (κ2) is 52.3. The lowest BCUT2D eigenvalue weighted by Crippen LogP contribution is -2.59. The molecule has 3 rings (SSSR count). The first-order valence-corrected chi connectivity index (χ1v) is 39.1. The van der Waals surface area contributed by atoms with Crippen molar-refractivity contribution in [1.29, 1.82) is 0 Å². The lowest BCUT2D eigenvalue weighted by Gasteiger charge is -2.26. The molecule has 3 aromatic rings. The Kier molecular flexibility index (Phi) is 44.9. The fourth-order valence-corrected chi connectivity index (χ4v) is 12.0. The van der Waals surface area contributed by atoms with Crippen LogP contribution in [0.3, 0.4) is 0 Å². The summed E-state index contributed by atoms with van der Waals surface area (Å²) in [6.07, 6.45) is 6.74. The molecular formula is C70H113N21O19S2. The molecule has 0 saturated carbocycles. The molecule has 0 bridgehead atoms. The average molecular weight is 1620 g/mol. The Balaban J connectivity index is 1.63. The third kappa shape index (κ3) is 37.8. The fraction of sp³-hybridized carbons (Fsp3) is 0.614. The summed E-state index contributed by atoms with van der Waals surface area (Å²) >= 11 is 2.51. The molecule has 40 nitrogen and oxygen atoms in total. The molecular weight excluding hydrogens is 1500 g/mol. The van der Waals surface area contributed by atoms with Gasteiger partial charge >= 0.3 is 0 Å². The number of nitrogens with two attached hydrogens (primary N) is 3. The molecule has 0 fully saturated rings. The highest BCUT2D eigenvalue weighted by molar-refractivity contribution is 7.99. The summed E-state index contributed by atoms with van der Waals surface area (Å²) < 4.78 is 11.1. The van der Waals surface area contributed by atoms with Crippen LogP contribution in [0, 0.1) is 11.8 Å². The maximum absolute atomic E-state index is 14.4. The maximum atomic E-state index is 14.4. The number of benzene rings is 1. The Hall–Kier alpha value is -10.0.